The highest BCUT2D eigenvalue weighted by atomic mass is 35.5. The van der Waals surface area contributed by atoms with Crippen molar-refractivity contribution < 1.29 is 17.9 Å². The molecule has 7 heteroatoms. The molecular formula is C11H12Cl2F3NO. The lowest BCUT2D eigenvalue weighted by molar-refractivity contribution is -0.200. The topological polar surface area (TPSA) is 35.2 Å². The molecule has 0 radical (unpaired) electrons. The van der Waals surface area contributed by atoms with Gasteiger partial charge in [0.15, 0.2) is 0 Å². The van der Waals surface area contributed by atoms with Crippen LogP contribution in [0.2, 0.25) is 10.0 Å². The Bertz CT molecular complexity index is 412. The molecule has 2 atom stereocenters. The van der Waals surface area contributed by atoms with Gasteiger partial charge in [-0.3, -0.25) is 0 Å². The Hall–Kier alpha value is -0.650. The van der Waals surface area contributed by atoms with E-state index in [9.17, 15) is 13.2 Å². The predicted octanol–water partition coefficient (Wildman–Crippen LogP) is 4.04. The van der Waals surface area contributed by atoms with Gasteiger partial charge in [0.05, 0.1) is 16.1 Å². The van der Waals surface area contributed by atoms with Gasteiger partial charge in [0.1, 0.15) is 5.75 Å². The minimum atomic E-state index is -4.54. The van der Waals surface area contributed by atoms with E-state index in [0.29, 0.717) is 0 Å². The summed E-state index contributed by atoms with van der Waals surface area (Å²) in [5.41, 5.74) is 5.42. The second kappa shape index (κ2) is 5.99. The SMILES string of the molecule is CCC(N)C(Oc1ccc(Cl)c(Cl)c1)C(F)(F)F. The molecule has 0 bridgehead atoms. The maximum Gasteiger partial charge on any atom is 0.426 e. The van der Waals surface area contributed by atoms with Crippen molar-refractivity contribution in [2.75, 3.05) is 0 Å². The van der Waals surface area contributed by atoms with E-state index in [0.717, 1.165) is 0 Å². The smallest absolute Gasteiger partial charge is 0.426 e. The van der Waals surface area contributed by atoms with E-state index in [2.05, 4.69) is 0 Å². The Morgan fingerprint density at radius 3 is 2.33 bits per heavy atom. The van der Waals surface area contributed by atoms with Crippen LogP contribution in [0.15, 0.2) is 18.2 Å². The maximum absolute atomic E-state index is 12.8. The second-order valence-electron chi connectivity index (χ2n) is 3.73. The van der Waals surface area contributed by atoms with Crippen LogP contribution in [0.25, 0.3) is 0 Å². The Kier molecular flexibility index (Phi) is 5.13. The molecule has 1 aromatic carbocycles. The molecule has 1 aromatic rings. The Morgan fingerprint density at radius 2 is 1.89 bits per heavy atom. The third-order valence-electron chi connectivity index (χ3n) is 2.34. The average Bonchev–Trinajstić information content (AvgIpc) is 2.28. The van der Waals surface area contributed by atoms with Gasteiger partial charge in [0.25, 0.3) is 0 Å². The standard InChI is InChI=1S/C11H12Cl2F3NO/c1-2-9(17)10(11(14,15)16)18-6-3-4-7(12)8(13)5-6/h3-5,9-10H,2,17H2,1H3. The fraction of sp³-hybridized carbons (Fsp3) is 0.455. The van der Waals surface area contributed by atoms with Gasteiger partial charge >= 0.3 is 6.18 Å². The number of hydrogen-bond donors (Lipinski definition) is 1. The van der Waals surface area contributed by atoms with E-state index in [-0.39, 0.29) is 22.2 Å². The fourth-order valence-corrected chi connectivity index (χ4v) is 1.60. The average molecular weight is 302 g/mol. The molecule has 0 aliphatic heterocycles. The van der Waals surface area contributed by atoms with E-state index in [1.165, 1.54) is 18.2 Å². The molecule has 0 fully saturated rings. The van der Waals surface area contributed by atoms with Crippen LogP contribution in [-0.2, 0) is 0 Å². The summed E-state index contributed by atoms with van der Waals surface area (Å²) in [5, 5.41) is 0.368. The molecule has 0 aromatic heterocycles. The largest absolute Gasteiger partial charge is 0.479 e. The molecule has 102 valence electrons. The van der Waals surface area contributed by atoms with Crippen molar-refractivity contribution in [2.24, 2.45) is 5.73 Å². The molecule has 2 unspecified atom stereocenters. The van der Waals surface area contributed by atoms with Crippen molar-refractivity contribution in [1.82, 2.24) is 0 Å². The van der Waals surface area contributed by atoms with Crippen LogP contribution in [0.1, 0.15) is 13.3 Å². The number of nitrogens with two attached hydrogens (primary N) is 1. The van der Waals surface area contributed by atoms with E-state index in [1.54, 1.807) is 6.92 Å². The third kappa shape index (κ3) is 3.93. The normalized spacial score (nSPS) is 15.3. The molecule has 2 N–H and O–H groups in total. The number of ether oxygens (including phenoxy) is 1. The summed E-state index contributed by atoms with van der Waals surface area (Å²) in [6, 6.07) is 2.77. The first-order valence-electron chi connectivity index (χ1n) is 5.19. The molecular weight excluding hydrogens is 290 g/mol. The van der Waals surface area contributed by atoms with Crippen LogP contribution in [0.3, 0.4) is 0 Å². The highest BCUT2D eigenvalue weighted by molar-refractivity contribution is 6.42. The zero-order valence-corrected chi connectivity index (χ0v) is 11.0. The molecule has 1 rings (SSSR count). The van der Waals surface area contributed by atoms with Gasteiger partial charge in [-0.15, -0.1) is 0 Å². The minimum absolute atomic E-state index is 0.0179. The molecule has 0 heterocycles. The molecule has 0 saturated carbocycles. The lowest BCUT2D eigenvalue weighted by Gasteiger charge is -2.26. The molecule has 0 aliphatic rings. The van der Waals surface area contributed by atoms with Gasteiger partial charge in [-0.1, -0.05) is 30.1 Å². The van der Waals surface area contributed by atoms with Crippen LogP contribution < -0.4 is 10.5 Å². The van der Waals surface area contributed by atoms with Crippen molar-refractivity contribution in [1.29, 1.82) is 0 Å². The summed E-state index contributed by atoms with van der Waals surface area (Å²) >= 11 is 11.4. The zero-order valence-electron chi connectivity index (χ0n) is 9.47. The van der Waals surface area contributed by atoms with Gasteiger partial charge in [0.2, 0.25) is 6.10 Å². The van der Waals surface area contributed by atoms with Crippen LogP contribution in [0, 0.1) is 0 Å². The van der Waals surface area contributed by atoms with Crippen molar-refractivity contribution in [3.05, 3.63) is 28.2 Å². The molecule has 2 nitrogen and oxygen atoms in total. The van der Waals surface area contributed by atoms with Crippen LogP contribution >= 0.6 is 23.2 Å². The first kappa shape index (κ1) is 15.4. The molecule has 18 heavy (non-hydrogen) atoms. The highest BCUT2D eigenvalue weighted by Gasteiger charge is 2.45. The maximum atomic E-state index is 12.8. The van der Waals surface area contributed by atoms with Crippen molar-refractivity contribution in [3.8, 4) is 5.75 Å². The van der Waals surface area contributed by atoms with Gasteiger partial charge in [-0.05, 0) is 18.6 Å². The number of halogens is 5. The van der Waals surface area contributed by atoms with Crippen molar-refractivity contribution in [2.45, 2.75) is 31.7 Å². The number of hydrogen-bond acceptors (Lipinski definition) is 2. The fourth-order valence-electron chi connectivity index (χ4n) is 1.31. The van der Waals surface area contributed by atoms with Gasteiger partial charge < -0.3 is 10.5 Å². The number of benzene rings is 1. The number of alkyl halides is 3. The van der Waals surface area contributed by atoms with E-state index >= 15 is 0 Å². The third-order valence-corrected chi connectivity index (χ3v) is 3.08. The van der Waals surface area contributed by atoms with Crippen LogP contribution in [-0.4, -0.2) is 18.3 Å². The van der Waals surface area contributed by atoms with E-state index in [1.807, 2.05) is 0 Å². The molecule has 0 aliphatic carbocycles. The molecule has 0 saturated heterocycles. The predicted molar refractivity (Wildman–Crippen MR) is 65.2 cm³/mol. The lowest BCUT2D eigenvalue weighted by Crippen LogP contribution is -2.48. The van der Waals surface area contributed by atoms with Gasteiger partial charge in [-0.2, -0.15) is 13.2 Å². The Balaban J connectivity index is 2.93. The zero-order chi connectivity index (χ0) is 13.9. The van der Waals surface area contributed by atoms with Crippen LogP contribution in [0.5, 0.6) is 5.75 Å². The van der Waals surface area contributed by atoms with Crippen molar-refractivity contribution in [3.63, 3.8) is 0 Å². The first-order chi connectivity index (χ1) is 8.25. The summed E-state index contributed by atoms with van der Waals surface area (Å²) in [6.45, 7) is 1.56. The van der Waals surface area contributed by atoms with Crippen LogP contribution in [0.4, 0.5) is 13.2 Å². The van der Waals surface area contributed by atoms with Crippen molar-refractivity contribution >= 4 is 23.2 Å². The molecule has 0 spiro atoms. The van der Waals surface area contributed by atoms with E-state index in [4.69, 9.17) is 33.7 Å². The van der Waals surface area contributed by atoms with Gasteiger partial charge in [0, 0.05) is 6.07 Å². The summed E-state index contributed by atoms with van der Waals surface area (Å²) in [5.74, 6) is -0.0179. The quantitative estimate of drug-likeness (QED) is 0.911. The van der Waals surface area contributed by atoms with Gasteiger partial charge in [-0.25, -0.2) is 0 Å². The lowest BCUT2D eigenvalue weighted by atomic mass is 10.1. The second-order valence-corrected chi connectivity index (χ2v) is 4.54. The molecule has 0 amide bonds. The highest BCUT2D eigenvalue weighted by Crippen LogP contribution is 2.31. The summed E-state index contributed by atoms with van der Waals surface area (Å²) in [4.78, 5) is 0. The summed E-state index contributed by atoms with van der Waals surface area (Å²) in [7, 11) is 0. The first-order valence-corrected chi connectivity index (χ1v) is 5.95. The monoisotopic (exact) mass is 301 g/mol. The van der Waals surface area contributed by atoms with E-state index < -0.39 is 18.3 Å². The summed E-state index contributed by atoms with van der Waals surface area (Å²) < 4.78 is 43.2. The Morgan fingerprint density at radius 1 is 1.28 bits per heavy atom. The minimum Gasteiger partial charge on any atom is -0.479 e. The Labute approximate surface area is 113 Å². The number of rotatable bonds is 4. The summed E-state index contributed by atoms with van der Waals surface area (Å²) in [6.07, 6.45) is -6.47.